The van der Waals surface area contributed by atoms with E-state index in [9.17, 15) is 4.79 Å². The molecule has 0 bridgehead atoms. The number of carbonyl (C=O) groups excluding carboxylic acids is 1. The van der Waals surface area contributed by atoms with E-state index in [1.54, 1.807) is 0 Å². The molecule has 1 aliphatic heterocycles. The molecule has 4 nitrogen and oxygen atoms in total. The van der Waals surface area contributed by atoms with Crippen molar-refractivity contribution < 1.29 is 18.8 Å². The summed E-state index contributed by atoms with van der Waals surface area (Å²) < 4.78 is 18.6. The second-order valence-corrected chi connectivity index (χ2v) is 9.56. The third kappa shape index (κ3) is 4.00. The first-order valence-corrected chi connectivity index (χ1v) is 12.9. The maximum atomic E-state index is 12.2. The first-order chi connectivity index (χ1) is 19.2. The van der Waals surface area contributed by atoms with Crippen LogP contribution in [-0.2, 0) is 9.45 Å². The molecular weight excluding hydrogens is 483 g/mol. The van der Waals surface area contributed by atoms with Crippen molar-refractivity contribution in [1.29, 1.82) is 0 Å². The highest BCUT2D eigenvalue weighted by Crippen LogP contribution is 2.54. The Labute approximate surface area is 226 Å². The first kappa shape index (κ1) is 23.1. The van der Waals surface area contributed by atoms with Gasteiger partial charge in [0, 0.05) is 28.8 Å². The van der Waals surface area contributed by atoms with Crippen LogP contribution >= 0.6 is 0 Å². The van der Waals surface area contributed by atoms with Crippen LogP contribution in [0.5, 0.6) is 11.5 Å². The molecule has 0 saturated carbocycles. The van der Waals surface area contributed by atoms with E-state index < -0.39 is 13.3 Å². The molecule has 0 N–H and O–H groups in total. The number of hydrogen-bond acceptors (Lipinski definition) is 4. The van der Waals surface area contributed by atoms with Gasteiger partial charge in [0.25, 0.3) is 5.97 Å². The fourth-order valence-electron chi connectivity index (χ4n) is 5.46. The molecule has 0 saturated heterocycles. The van der Waals surface area contributed by atoms with Crippen molar-refractivity contribution in [2.24, 2.45) is 0 Å². The van der Waals surface area contributed by atoms with Crippen LogP contribution in [0.25, 0.3) is 54.9 Å². The highest BCUT2D eigenvalue weighted by Gasteiger charge is 2.39. The highest BCUT2D eigenvalue weighted by atomic mass is 16.7. The quantitative estimate of drug-likeness (QED) is 0.227. The molecule has 1 heterocycles. The van der Waals surface area contributed by atoms with Crippen LogP contribution in [0.2, 0.25) is 0 Å². The Balaban J connectivity index is 1.69. The average Bonchev–Trinajstić information content (AvgIpc) is 3.14. The molecule has 0 spiro atoms. The molecule has 0 aliphatic carbocycles. The molecule has 5 heteroatoms. The smallest absolute Gasteiger partial charge is 0.488 e. The molecule has 0 amide bonds. The van der Waals surface area contributed by atoms with Crippen LogP contribution in [0.3, 0.4) is 0 Å². The van der Waals surface area contributed by atoms with Crippen molar-refractivity contribution in [2.45, 2.75) is 6.92 Å². The van der Waals surface area contributed by atoms with Crippen molar-refractivity contribution in [3.63, 3.8) is 0 Å². The van der Waals surface area contributed by atoms with Gasteiger partial charge in [-0.05, 0) is 45.2 Å². The molecule has 39 heavy (non-hydrogen) atoms. The van der Waals surface area contributed by atoms with Gasteiger partial charge in [-0.15, -0.1) is 0 Å². The average molecular weight is 506 g/mol. The standard InChI is InChI=1S/C34H23BO4/c1-22(36)37-35-38-33-27-18-10-8-16-25(27)20-29(23-12-4-2-5-13-23)31(33)32-30(24-14-6-3-7-15-24)21-26-17-9-11-19-28(26)34(32)39-35/h2-21H,1H3. The second kappa shape index (κ2) is 9.37. The fraction of sp³-hybridized carbons (Fsp3) is 0.0294. The van der Waals surface area contributed by atoms with E-state index in [4.69, 9.17) is 14.0 Å². The number of benzene rings is 6. The number of fused-ring (bicyclic) bond motifs is 7. The van der Waals surface area contributed by atoms with Crippen LogP contribution < -0.4 is 9.31 Å². The van der Waals surface area contributed by atoms with Crippen molar-refractivity contribution in [2.75, 3.05) is 0 Å². The van der Waals surface area contributed by atoms with Crippen LogP contribution in [0, 0.1) is 0 Å². The van der Waals surface area contributed by atoms with Crippen molar-refractivity contribution >= 4 is 34.8 Å². The number of carbonyl (C=O) groups is 1. The Morgan fingerprint density at radius 2 is 1.00 bits per heavy atom. The molecule has 0 fully saturated rings. The summed E-state index contributed by atoms with van der Waals surface area (Å²) in [5.41, 5.74) is 5.90. The zero-order valence-corrected chi connectivity index (χ0v) is 21.3. The maximum absolute atomic E-state index is 12.2. The second-order valence-electron chi connectivity index (χ2n) is 9.56. The Kier molecular flexibility index (Phi) is 5.56. The van der Waals surface area contributed by atoms with Crippen LogP contribution in [0.1, 0.15) is 6.92 Å². The van der Waals surface area contributed by atoms with Gasteiger partial charge in [0.1, 0.15) is 11.5 Å². The lowest BCUT2D eigenvalue weighted by Gasteiger charge is -2.21. The predicted molar refractivity (Wildman–Crippen MR) is 157 cm³/mol. The van der Waals surface area contributed by atoms with Crippen molar-refractivity contribution in [1.82, 2.24) is 0 Å². The van der Waals surface area contributed by atoms with Gasteiger partial charge < -0.3 is 14.0 Å². The molecule has 0 radical (unpaired) electrons. The summed E-state index contributed by atoms with van der Waals surface area (Å²) >= 11 is 0. The van der Waals surface area contributed by atoms with Gasteiger partial charge >= 0.3 is 7.32 Å². The Hall–Kier alpha value is -5.03. The first-order valence-electron chi connectivity index (χ1n) is 12.9. The summed E-state index contributed by atoms with van der Waals surface area (Å²) in [5.74, 6) is 0.742. The number of rotatable bonds is 3. The van der Waals surface area contributed by atoms with E-state index in [-0.39, 0.29) is 0 Å². The van der Waals surface area contributed by atoms with E-state index in [0.717, 1.165) is 54.9 Å². The normalized spacial score (nSPS) is 12.2. The summed E-state index contributed by atoms with van der Waals surface area (Å²) in [4.78, 5) is 12.2. The largest absolute Gasteiger partial charge is 0.866 e. The summed E-state index contributed by atoms with van der Waals surface area (Å²) in [6.45, 7) is 1.36. The molecule has 1 aliphatic rings. The summed E-state index contributed by atoms with van der Waals surface area (Å²) in [6, 6.07) is 41.1. The topological polar surface area (TPSA) is 44.8 Å². The molecule has 7 rings (SSSR count). The minimum absolute atomic E-state index is 0.489. The molecule has 0 atom stereocenters. The van der Waals surface area contributed by atoms with Gasteiger partial charge in [-0.1, -0.05) is 109 Å². The zero-order chi connectivity index (χ0) is 26.3. The van der Waals surface area contributed by atoms with E-state index in [0.29, 0.717) is 11.5 Å². The highest BCUT2D eigenvalue weighted by molar-refractivity contribution is 6.43. The molecule has 6 aromatic carbocycles. The van der Waals surface area contributed by atoms with Crippen LogP contribution in [-0.4, -0.2) is 13.3 Å². The van der Waals surface area contributed by atoms with E-state index in [1.807, 2.05) is 72.8 Å². The monoisotopic (exact) mass is 506 g/mol. The fourth-order valence-corrected chi connectivity index (χ4v) is 5.46. The lowest BCUT2D eigenvalue weighted by molar-refractivity contribution is -0.134. The maximum Gasteiger partial charge on any atom is 0.866 e. The van der Waals surface area contributed by atoms with Crippen LogP contribution in [0.15, 0.2) is 121 Å². The lowest BCUT2D eigenvalue weighted by atomic mass is 9.84. The van der Waals surface area contributed by atoms with Crippen molar-refractivity contribution in [3.05, 3.63) is 121 Å². The summed E-state index contributed by atoms with van der Waals surface area (Å²) in [5, 5.41) is 3.85. The summed E-state index contributed by atoms with van der Waals surface area (Å²) in [7, 11) is -1.26. The Morgan fingerprint density at radius 3 is 1.44 bits per heavy atom. The lowest BCUT2D eigenvalue weighted by Crippen LogP contribution is -2.35. The molecule has 0 aromatic heterocycles. The van der Waals surface area contributed by atoms with Crippen molar-refractivity contribution in [3.8, 4) is 44.9 Å². The molecule has 6 aromatic rings. The third-order valence-corrected chi connectivity index (χ3v) is 7.11. The molecule has 0 unspecified atom stereocenters. The van der Waals surface area contributed by atoms with E-state index in [2.05, 4.69) is 48.5 Å². The SMILES string of the molecule is CC(=O)OB1Oc2c(c(-c3ccccc3)cc3ccccc23)-c2c(-c3ccccc3)cc3ccccc3c2O1. The van der Waals surface area contributed by atoms with Gasteiger partial charge in [-0.3, -0.25) is 4.79 Å². The van der Waals surface area contributed by atoms with Gasteiger partial charge in [0.05, 0.1) is 0 Å². The molecule has 186 valence electrons. The number of hydrogen-bond donors (Lipinski definition) is 0. The molecular formula is C34H23BO4. The third-order valence-electron chi connectivity index (χ3n) is 7.11. The van der Waals surface area contributed by atoms with E-state index >= 15 is 0 Å². The van der Waals surface area contributed by atoms with Gasteiger partial charge in [-0.25, -0.2) is 0 Å². The Morgan fingerprint density at radius 1 is 0.590 bits per heavy atom. The van der Waals surface area contributed by atoms with Gasteiger partial charge in [0.2, 0.25) is 0 Å². The van der Waals surface area contributed by atoms with E-state index in [1.165, 1.54) is 6.92 Å². The minimum Gasteiger partial charge on any atom is -0.488 e. The predicted octanol–water partition coefficient (Wildman–Crippen LogP) is 8.31. The minimum atomic E-state index is -1.26. The van der Waals surface area contributed by atoms with Crippen LogP contribution in [0.4, 0.5) is 0 Å². The zero-order valence-electron chi connectivity index (χ0n) is 21.3. The van der Waals surface area contributed by atoms with Gasteiger partial charge in [0.15, 0.2) is 0 Å². The summed E-state index contributed by atoms with van der Waals surface area (Å²) in [6.07, 6.45) is 0. The van der Waals surface area contributed by atoms with Gasteiger partial charge in [-0.2, -0.15) is 0 Å². The Bertz CT molecular complexity index is 1740.